The Morgan fingerprint density at radius 3 is 2.56 bits per heavy atom. The standard InChI is InChI=1S/C28H27N5O4S2/c1-35-21-13-17(14-22(36-2)26(21)37-3)25-24-19(11-16(12-20(24)34)23-8-6-10-38-23)30-27-31-28(32-33(25)27)39-15-18-7-4-5-9-29-18/h4-10,13-14,16,25H,11-12,15H2,1-3H3,(H,30,31,32). The lowest BCUT2D eigenvalue weighted by Crippen LogP contribution is -2.33. The van der Waals surface area contributed by atoms with Gasteiger partial charge in [0, 0.05) is 40.4 Å². The molecule has 1 N–H and O–H groups in total. The highest BCUT2D eigenvalue weighted by molar-refractivity contribution is 7.98. The van der Waals surface area contributed by atoms with E-state index in [2.05, 4.69) is 21.7 Å². The molecule has 0 saturated heterocycles. The van der Waals surface area contributed by atoms with Gasteiger partial charge in [-0.3, -0.25) is 9.78 Å². The van der Waals surface area contributed by atoms with Crippen LogP contribution in [-0.2, 0) is 10.5 Å². The molecule has 2 unspecified atom stereocenters. The zero-order valence-electron chi connectivity index (χ0n) is 21.7. The van der Waals surface area contributed by atoms with E-state index >= 15 is 0 Å². The summed E-state index contributed by atoms with van der Waals surface area (Å²) in [5.41, 5.74) is 3.31. The Kier molecular flexibility index (Phi) is 7.01. The minimum atomic E-state index is -0.501. The van der Waals surface area contributed by atoms with Crippen molar-refractivity contribution >= 4 is 34.8 Å². The number of rotatable bonds is 8. The normalized spacial score (nSPS) is 18.3. The summed E-state index contributed by atoms with van der Waals surface area (Å²) in [4.78, 5) is 24.2. The fraction of sp³-hybridized carbons (Fsp3) is 0.286. The van der Waals surface area contributed by atoms with E-state index in [-0.39, 0.29) is 11.7 Å². The Labute approximate surface area is 234 Å². The van der Waals surface area contributed by atoms with E-state index in [0.29, 0.717) is 52.5 Å². The minimum Gasteiger partial charge on any atom is -0.493 e. The van der Waals surface area contributed by atoms with Crippen molar-refractivity contribution in [1.29, 1.82) is 0 Å². The number of aromatic nitrogens is 4. The monoisotopic (exact) mass is 561 g/mol. The number of fused-ring (bicyclic) bond motifs is 1. The molecule has 4 aromatic rings. The molecule has 2 atom stereocenters. The summed E-state index contributed by atoms with van der Waals surface area (Å²) < 4.78 is 18.6. The first-order chi connectivity index (χ1) is 19.1. The summed E-state index contributed by atoms with van der Waals surface area (Å²) in [6, 6.07) is 13.2. The SMILES string of the molecule is COc1cc(C2C3=C(CC(c4cccs4)CC3=O)Nc3nc(SCc4ccccn4)nn32)cc(OC)c1OC. The van der Waals surface area contributed by atoms with Gasteiger partial charge in [-0.1, -0.05) is 23.9 Å². The van der Waals surface area contributed by atoms with E-state index in [9.17, 15) is 4.79 Å². The van der Waals surface area contributed by atoms with E-state index in [1.807, 2.05) is 36.4 Å². The molecular formula is C28H27N5O4S2. The molecule has 2 aliphatic rings. The van der Waals surface area contributed by atoms with Gasteiger partial charge in [0.2, 0.25) is 16.9 Å². The summed E-state index contributed by atoms with van der Waals surface area (Å²) in [6.45, 7) is 0. The first kappa shape index (κ1) is 25.4. The van der Waals surface area contributed by atoms with Crippen LogP contribution in [0.4, 0.5) is 5.95 Å². The predicted octanol–water partition coefficient (Wildman–Crippen LogP) is 5.47. The van der Waals surface area contributed by atoms with Crippen molar-refractivity contribution in [3.05, 3.63) is 81.4 Å². The van der Waals surface area contributed by atoms with Crippen molar-refractivity contribution in [3.8, 4) is 17.2 Å². The number of Topliss-reactive ketones (excluding diaryl/α,β-unsaturated/α-hetero) is 1. The quantitative estimate of drug-likeness (QED) is 0.281. The molecule has 1 aliphatic carbocycles. The number of hydrogen-bond acceptors (Lipinski definition) is 10. The van der Waals surface area contributed by atoms with Gasteiger partial charge in [-0.2, -0.15) is 4.98 Å². The Balaban J connectivity index is 1.44. The molecule has 1 aliphatic heterocycles. The smallest absolute Gasteiger partial charge is 0.227 e. The zero-order valence-corrected chi connectivity index (χ0v) is 23.3. The topological polar surface area (TPSA) is 100 Å². The number of benzene rings is 1. The maximum atomic E-state index is 13.8. The van der Waals surface area contributed by atoms with Crippen molar-refractivity contribution in [3.63, 3.8) is 0 Å². The molecular weight excluding hydrogens is 534 g/mol. The summed E-state index contributed by atoms with van der Waals surface area (Å²) in [5, 5.41) is 11.0. The van der Waals surface area contributed by atoms with Crippen LogP contribution in [-0.4, -0.2) is 46.9 Å². The highest BCUT2D eigenvalue weighted by atomic mass is 32.2. The largest absolute Gasteiger partial charge is 0.493 e. The molecule has 3 aromatic heterocycles. The first-order valence-electron chi connectivity index (χ1n) is 12.5. The van der Waals surface area contributed by atoms with Crippen molar-refractivity contribution < 1.29 is 19.0 Å². The summed E-state index contributed by atoms with van der Waals surface area (Å²) in [6.07, 6.45) is 2.93. The molecule has 1 aromatic carbocycles. The van der Waals surface area contributed by atoms with Gasteiger partial charge in [0.15, 0.2) is 17.3 Å². The number of pyridine rings is 1. The second-order valence-electron chi connectivity index (χ2n) is 9.19. The molecule has 0 fully saturated rings. The van der Waals surface area contributed by atoms with E-state index in [1.54, 1.807) is 43.5 Å². The lowest BCUT2D eigenvalue weighted by atomic mass is 9.80. The molecule has 6 rings (SSSR count). The van der Waals surface area contributed by atoms with Crippen molar-refractivity contribution in [2.24, 2.45) is 0 Å². The second-order valence-corrected chi connectivity index (χ2v) is 11.1. The third-order valence-corrected chi connectivity index (χ3v) is 8.83. The highest BCUT2D eigenvalue weighted by Crippen LogP contribution is 2.48. The molecule has 0 saturated carbocycles. The summed E-state index contributed by atoms with van der Waals surface area (Å²) in [5.74, 6) is 2.95. The van der Waals surface area contributed by atoms with Crippen LogP contribution in [0.2, 0.25) is 0 Å². The summed E-state index contributed by atoms with van der Waals surface area (Å²) in [7, 11) is 4.74. The van der Waals surface area contributed by atoms with Gasteiger partial charge in [-0.15, -0.1) is 16.4 Å². The van der Waals surface area contributed by atoms with E-state index in [4.69, 9.17) is 24.3 Å². The first-order valence-corrected chi connectivity index (χ1v) is 14.3. The van der Waals surface area contributed by atoms with Crippen LogP contribution in [0.25, 0.3) is 0 Å². The molecule has 9 nitrogen and oxygen atoms in total. The van der Waals surface area contributed by atoms with Gasteiger partial charge in [-0.25, -0.2) is 4.68 Å². The number of ether oxygens (including phenoxy) is 3. The van der Waals surface area contributed by atoms with Crippen LogP contribution >= 0.6 is 23.1 Å². The number of carbonyl (C=O) groups is 1. The molecule has 0 radical (unpaired) electrons. The fourth-order valence-electron chi connectivity index (χ4n) is 5.17. The molecule has 39 heavy (non-hydrogen) atoms. The average Bonchev–Trinajstić information content (AvgIpc) is 3.65. The van der Waals surface area contributed by atoms with Gasteiger partial charge in [0.25, 0.3) is 0 Å². The highest BCUT2D eigenvalue weighted by Gasteiger charge is 2.40. The number of methoxy groups -OCH3 is 3. The lowest BCUT2D eigenvalue weighted by molar-refractivity contribution is -0.116. The van der Waals surface area contributed by atoms with Crippen LogP contribution in [0.3, 0.4) is 0 Å². The van der Waals surface area contributed by atoms with Crippen molar-refractivity contribution in [2.75, 3.05) is 26.6 Å². The van der Waals surface area contributed by atoms with Gasteiger partial charge >= 0.3 is 0 Å². The molecule has 0 spiro atoms. The zero-order chi connectivity index (χ0) is 26.9. The van der Waals surface area contributed by atoms with Crippen LogP contribution in [0.15, 0.2) is 70.5 Å². The van der Waals surface area contributed by atoms with Gasteiger partial charge in [0.05, 0.1) is 27.0 Å². The number of allylic oxidation sites excluding steroid dienone is 2. The molecule has 200 valence electrons. The van der Waals surface area contributed by atoms with Crippen LogP contribution in [0.5, 0.6) is 17.2 Å². The number of hydrogen-bond donors (Lipinski definition) is 1. The van der Waals surface area contributed by atoms with Crippen LogP contribution < -0.4 is 19.5 Å². The Morgan fingerprint density at radius 2 is 1.90 bits per heavy atom. The maximum Gasteiger partial charge on any atom is 0.227 e. The number of nitrogens with zero attached hydrogens (tertiary/aromatic N) is 4. The number of thiophene rings is 1. The lowest BCUT2D eigenvalue weighted by Gasteiger charge is -2.35. The average molecular weight is 562 g/mol. The third-order valence-electron chi connectivity index (χ3n) is 6.92. The van der Waals surface area contributed by atoms with E-state index in [1.165, 1.54) is 16.6 Å². The second kappa shape index (κ2) is 10.7. The number of thioether (sulfide) groups is 1. The molecule has 11 heteroatoms. The van der Waals surface area contributed by atoms with E-state index in [0.717, 1.165) is 17.0 Å². The minimum absolute atomic E-state index is 0.0877. The number of ketones is 1. The molecule has 4 heterocycles. The molecule has 0 bridgehead atoms. The third kappa shape index (κ3) is 4.76. The van der Waals surface area contributed by atoms with Crippen molar-refractivity contribution in [2.45, 2.75) is 35.7 Å². The van der Waals surface area contributed by atoms with E-state index < -0.39 is 6.04 Å². The predicted molar refractivity (Wildman–Crippen MR) is 150 cm³/mol. The fourth-order valence-corrected chi connectivity index (χ4v) is 6.74. The Hall–Kier alpha value is -3.83. The van der Waals surface area contributed by atoms with Gasteiger partial charge in [-0.05, 0) is 47.7 Å². The number of nitrogens with one attached hydrogen (secondary N) is 1. The number of carbonyl (C=O) groups excluding carboxylic acids is 1. The van der Waals surface area contributed by atoms with Crippen LogP contribution in [0, 0.1) is 0 Å². The summed E-state index contributed by atoms with van der Waals surface area (Å²) >= 11 is 3.19. The Morgan fingerprint density at radius 1 is 1.08 bits per heavy atom. The number of anilines is 1. The van der Waals surface area contributed by atoms with Gasteiger partial charge in [0.1, 0.15) is 6.04 Å². The maximum absolute atomic E-state index is 13.8. The van der Waals surface area contributed by atoms with Crippen molar-refractivity contribution in [1.82, 2.24) is 19.7 Å². The van der Waals surface area contributed by atoms with Crippen LogP contribution in [0.1, 0.15) is 40.9 Å². The Bertz CT molecular complexity index is 1510. The van der Waals surface area contributed by atoms with Gasteiger partial charge < -0.3 is 19.5 Å². The molecule has 0 amide bonds.